The second kappa shape index (κ2) is 4.60. The summed E-state index contributed by atoms with van der Waals surface area (Å²) in [6, 6.07) is 8.03. The Bertz CT molecular complexity index is 246. The maximum Gasteiger partial charge on any atom is 0.118 e. The minimum atomic E-state index is 0.906. The van der Waals surface area contributed by atoms with E-state index in [-0.39, 0.29) is 0 Å². The second-order valence-corrected chi connectivity index (χ2v) is 2.58. The maximum atomic E-state index is 5.05. The van der Waals surface area contributed by atoms with Crippen molar-refractivity contribution in [2.45, 2.75) is 13.3 Å². The molecule has 1 rings (SSSR count). The van der Waals surface area contributed by atoms with Crippen molar-refractivity contribution in [1.82, 2.24) is 0 Å². The van der Waals surface area contributed by atoms with E-state index in [1.165, 1.54) is 5.56 Å². The van der Waals surface area contributed by atoms with Crippen molar-refractivity contribution >= 4 is 6.08 Å². The number of allylic oxidation sites excluding steroid dienone is 1. The fourth-order valence-corrected chi connectivity index (χ4v) is 0.969. The van der Waals surface area contributed by atoms with Gasteiger partial charge in [0.2, 0.25) is 0 Å². The first-order valence-corrected chi connectivity index (χ1v) is 4.17. The van der Waals surface area contributed by atoms with Crippen LogP contribution in [0.25, 0.3) is 6.08 Å². The Balaban J connectivity index is 2.71. The fourth-order valence-electron chi connectivity index (χ4n) is 0.969. The summed E-state index contributed by atoms with van der Waals surface area (Å²) >= 11 is 0. The molecule has 0 bridgehead atoms. The summed E-state index contributed by atoms with van der Waals surface area (Å²) in [5.74, 6) is 0.906. The van der Waals surface area contributed by atoms with Gasteiger partial charge in [-0.25, -0.2) is 0 Å². The molecular formula is C11H14O. The summed E-state index contributed by atoms with van der Waals surface area (Å²) in [6.45, 7) is 2.13. The average molecular weight is 162 g/mol. The summed E-state index contributed by atoms with van der Waals surface area (Å²) in [5, 5.41) is 0. The molecule has 0 aromatic heterocycles. The van der Waals surface area contributed by atoms with Gasteiger partial charge in [0.25, 0.3) is 0 Å². The van der Waals surface area contributed by atoms with Crippen LogP contribution in [0.1, 0.15) is 18.9 Å². The third-order valence-corrected chi connectivity index (χ3v) is 1.66. The Morgan fingerprint density at radius 3 is 2.42 bits per heavy atom. The predicted molar refractivity (Wildman–Crippen MR) is 52.3 cm³/mol. The summed E-state index contributed by atoms with van der Waals surface area (Å²) < 4.78 is 5.05. The molecule has 0 heterocycles. The van der Waals surface area contributed by atoms with Crippen LogP contribution < -0.4 is 4.74 Å². The van der Waals surface area contributed by atoms with Gasteiger partial charge in [0.05, 0.1) is 7.11 Å². The van der Waals surface area contributed by atoms with Crippen LogP contribution in [0.3, 0.4) is 0 Å². The van der Waals surface area contributed by atoms with Crippen molar-refractivity contribution in [3.63, 3.8) is 0 Å². The van der Waals surface area contributed by atoms with Gasteiger partial charge >= 0.3 is 0 Å². The number of ether oxygens (including phenoxy) is 1. The topological polar surface area (TPSA) is 9.23 Å². The lowest BCUT2D eigenvalue weighted by molar-refractivity contribution is 0.415. The normalized spacial score (nSPS) is 10.5. The number of hydrogen-bond donors (Lipinski definition) is 0. The smallest absolute Gasteiger partial charge is 0.118 e. The molecule has 1 heteroatoms. The van der Waals surface area contributed by atoms with Crippen LogP contribution in [0.4, 0.5) is 0 Å². The van der Waals surface area contributed by atoms with Gasteiger partial charge in [-0.1, -0.05) is 31.2 Å². The SMILES string of the molecule is CC/C=C\c1ccc(OC)cc1. The Hall–Kier alpha value is -1.24. The third-order valence-electron chi connectivity index (χ3n) is 1.66. The summed E-state index contributed by atoms with van der Waals surface area (Å²) in [5.41, 5.74) is 1.22. The van der Waals surface area contributed by atoms with E-state index in [1.54, 1.807) is 7.11 Å². The Morgan fingerprint density at radius 1 is 1.25 bits per heavy atom. The van der Waals surface area contributed by atoms with Crippen molar-refractivity contribution in [3.05, 3.63) is 35.9 Å². The van der Waals surface area contributed by atoms with Gasteiger partial charge in [-0.05, 0) is 24.1 Å². The fraction of sp³-hybridized carbons (Fsp3) is 0.273. The Morgan fingerprint density at radius 2 is 1.92 bits per heavy atom. The van der Waals surface area contributed by atoms with E-state index in [0.29, 0.717) is 0 Å². The van der Waals surface area contributed by atoms with E-state index in [1.807, 2.05) is 24.3 Å². The van der Waals surface area contributed by atoms with Gasteiger partial charge in [0.1, 0.15) is 5.75 Å². The predicted octanol–water partition coefficient (Wildman–Crippen LogP) is 3.12. The van der Waals surface area contributed by atoms with E-state index in [9.17, 15) is 0 Å². The van der Waals surface area contributed by atoms with Crippen LogP contribution in [-0.2, 0) is 0 Å². The van der Waals surface area contributed by atoms with Crippen molar-refractivity contribution < 1.29 is 4.74 Å². The van der Waals surface area contributed by atoms with Crippen LogP contribution in [0, 0.1) is 0 Å². The zero-order valence-electron chi connectivity index (χ0n) is 7.58. The van der Waals surface area contributed by atoms with Gasteiger partial charge in [-0.2, -0.15) is 0 Å². The summed E-state index contributed by atoms with van der Waals surface area (Å²) in [7, 11) is 1.68. The molecule has 1 aromatic rings. The molecule has 0 amide bonds. The van der Waals surface area contributed by atoms with Gasteiger partial charge < -0.3 is 4.74 Å². The van der Waals surface area contributed by atoms with Crippen molar-refractivity contribution in [3.8, 4) is 5.75 Å². The zero-order chi connectivity index (χ0) is 8.81. The molecule has 0 aliphatic heterocycles. The average Bonchev–Trinajstić information content (AvgIpc) is 2.15. The molecule has 0 N–H and O–H groups in total. The molecule has 1 aromatic carbocycles. The highest BCUT2D eigenvalue weighted by Crippen LogP contribution is 2.12. The van der Waals surface area contributed by atoms with E-state index >= 15 is 0 Å². The van der Waals surface area contributed by atoms with E-state index in [4.69, 9.17) is 4.74 Å². The Kier molecular flexibility index (Phi) is 3.39. The summed E-state index contributed by atoms with van der Waals surface area (Å²) in [6.07, 6.45) is 5.33. The standard InChI is InChI=1S/C11H14O/c1-3-4-5-10-6-8-11(12-2)9-7-10/h4-9H,3H2,1-2H3/b5-4-. The zero-order valence-corrected chi connectivity index (χ0v) is 7.58. The second-order valence-electron chi connectivity index (χ2n) is 2.58. The molecule has 1 nitrogen and oxygen atoms in total. The van der Waals surface area contributed by atoms with Crippen LogP contribution in [0.2, 0.25) is 0 Å². The van der Waals surface area contributed by atoms with Crippen LogP contribution >= 0.6 is 0 Å². The highest BCUT2D eigenvalue weighted by Gasteiger charge is 1.88. The minimum Gasteiger partial charge on any atom is -0.497 e. The number of hydrogen-bond acceptors (Lipinski definition) is 1. The third kappa shape index (κ3) is 2.42. The van der Waals surface area contributed by atoms with Crippen LogP contribution in [0.15, 0.2) is 30.3 Å². The quantitative estimate of drug-likeness (QED) is 0.663. The minimum absolute atomic E-state index is 0.906. The molecule has 0 spiro atoms. The highest BCUT2D eigenvalue weighted by atomic mass is 16.5. The molecule has 12 heavy (non-hydrogen) atoms. The number of rotatable bonds is 3. The van der Waals surface area contributed by atoms with E-state index in [0.717, 1.165) is 12.2 Å². The van der Waals surface area contributed by atoms with Crippen molar-refractivity contribution in [1.29, 1.82) is 0 Å². The molecular weight excluding hydrogens is 148 g/mol. The molecule has 0 saturated carbocycles. The molecule has 0 saturated heterocycles. The lowest BCUT2D eigenvalue weighted by Gasteiger charge is -1.98. The summed E-state index contributed by atoms with van der Waals surface area (Å²) in [4.78, 5) is 0. The molecule has 64 valence electrons. The molecule has 0 aliphatic carbocycles. The van der Waals surface area contributed by atoms with Gasteiger partial charge in [0.15, 0.2) is 0 Å². The Labute approximate surface area is 73.7 Å². The largest absolute Gasteiger partial charge is 0.497 e. The molecule has 0 radical (unpaired) electrons. The first-order valence-electron chi connectivity index (χ1n) is 4.17. The van der Waals surface area contributed by atoms with Gasteiger partial charge in [-0.3, -0.25) is 0 Å². The lowest BCUT2D eigenvalue weighted by Crippen LogP contribution is -1.81. The number of methoxy groups -OCH3 is 1. The molecule has 0 atom stereocenters. The molecule has 0 unspecified atom stereocenters. The van der Waals surface area contributed by atoms with Crippen molar-refractivity contribution in [2.24, 2.45) is 0 Å². The van der Waals surface area contributed by atoms with Gasteiger partial charge in [-0.15, -0.1) is 0 Å². The number of benzene rings is 1. The van der Waals surface area contributed by atoms with Crippen LogP contribution in [0.5, 0.6) is 5.75 Å². The van der Waals surface area contributed by atoms with Crippen LogP contribution in [-0.4, -0.2) is 7.11 Å². The van der Waals surface area contributed by atoms with Crippen molar-refractivity contribution in [2.75, 3.05) is 7.11 Å². The van der Waals surface area contributed by atoms with E-state index in [2.05, 4.69) is 19.1 Å². The first kappa shape index (κ1) is 8.85. The molecule has 0 fully saturated rings. The van der Waals surface area contributed by atoms with Gasteiger partial charge in [0, 0.05) is 0 Å². The highest BCUT2D eigenvalue weighted by molar-refractivity contribution is 5.50. The monoisotopic (exact) mass is 162 g/mol. The lowest BCUT2D eigenvalue weighted by atomic mass is 10.2. The first-order chi connectivity index (χ1) is 5.86. The molecule has 0 aliphatic rings. The van der Waals surface area contributed by atoms with E-state index < -0.39 is 0 Å². The maximum absolute atomic E-state index is 5.05.